The smallest absolute Gasteiger partial charge is 0.184 e. The lowest BCUT2D eigenvalue weighted by atomic mass is 9.68. The van der Waals surface area contributed by atoms with Crippen LogP contribution in [0.15, 0.2) is 36.4 Å². The normalized spacial score (nSPS) is 24.9. The molecule has 0 heterocycles. The second-order valence-corrected chi connectivity index (χ2v) is 11.5. The maximum atomic E-state index is 14.5. The number of unbranched alkanes of at least 4 members (excludes halogenated alkanes) is 1. The van der Waals surface area contributed by atoms with E-state index in [1.807, 2.05) is 13.0 Å². The van der Waals surface area contributed by atoms with Gasteiger partial charge in [0.2, 0.25) is 0 Å². The molecule has 3 heteroatoms. The monoisotopic (exact) mass is 498 g/mol. The van der Waals surface area contributed by atoms with Crippen LogP contribution in [0, 0.1) is 29.5 Å². The van der Waals surface area contributed by atoms with Crippen LogP contribution in [0.2, 0.25) is 5.02 Å². The number of aryl methyl sites for hydroxylation is 1. The van der Waals surface area contributed by atoms with Crippen molar-refractivity contribution in [1.29, 1.82) is 0 Å². The topological polar surface area (TPSA) is 9.23 Å². The summed E-state index contributed by atoms with van der Waals surface area (Å²) in [6, 6.07) is 12.0. The first-order valence-corrected chi connectivity index (χ1v) is 14.7. The van der Waals surface area contributed by atoms with Crippen molar-refractivity contribution in [3.05, 3.63) is 52.8 Å². The lowest BCUT2D eigenvalue weighted by Gasteiger charge is -2.38. The molecule has 192 valence electrons. The molecule has 0 aliphatic heterocycles. The molecule has 1 nitrogen and oxygen atoms in total. The number of halogens is 2. The van der Waals surface area contributed by atoms with Crippen molar-refractivity contribution in [1.82, 2.24) is 0 Å². The van der Waals surface area contributed by atoms with Gasteiger partial charge in [-0.2, -0.15) is 0 Å². The number of hydrogen-bond donors (Lipinski definition) is 0. The van der Waals surface area contributed by atoms with Crippen LogP contribution in [-0.4, -0.2) is 6.61 Å². The average Bonchev–Trinajstić information content (AvgIpc) is 2.90. The Morgan fingerprint density at radius 1 is 0.800 bits per heavy atom. The minimum atomic E-state index is -0.477. The third kappa shape index (κ3) is 7.03. The minimum absolute atomic E-state index is 0.134. The van der Waals surface area contributed by atoms with Crippen LogP contribution < -0.4 is 4.74 Å². The minimum Gasteiger partial charge on any atom is -0.491 e. The summed E-state index contributed by atoms with van der Waals surface area (Å²) in [5, 5.41) is 0.134. The summed E-state index contributed by atoms with van der Waals surface area (Å²) in [5.74, 6) is 3.65. The van der Waals surface area contributed by atoms with E-state index in [4.69, 9.17) is 16.3 Å². The van der Waals surface area contributed by atoms with Gasteiger partial charge >= 0.3 is 0 Å². The van der Waals surface area contributed by atoms with Crippen molar-refractivity contribution in [2.45, 2.75) is 97.3 Å². The van der Waals surface area contributed by atoms with Crippen LogP contribution in [0.1, 0.15) is 96.5 Å². The van der Waals surface area contributed by atoms with Gasteiger partial charge in [0.25, 0.3) is 0 Å². The fourth-order valence-corrected chi connectivity index (χ4v) is 6.90. The lowest BCUT2D eigenvalue weighted by molar-refractivity contribution is 0.140. The van der Waals surface area contributed by atoms with Gasteiger partial charge in [0.15, 0.2) is 11.6 Å². The maximum Gasteiger partial charge on any atom is 0.184 e. The second kappa shape index (κ2) is 13.1. The van der Waals surface area contributed by atoms with Crippen molar-refractivity contribution < 1.29 is 9.13 Å². The van der Waals surface area contributed by atoms with Gasteiger partial charge in [0, 0.05) is 5.56 Å². The molecule has 35 heavy (non-hydrogen) atoms. The van der Waals surface area contributed by atoms with Crippen LogP contribution in [-0.2, 0) is 6.42 Å². The quantitative estimate of drug-likeness (QED) is 0.316. The average molecular weight is 499 g/mol. The van der Waals surface area contributed by atoms with E-state index in [-0.39, 0.29) is 10.8 Å². The fraction of sp³-hybridized carbons (Fsp3) is 0.625. The predicted molar refractivity (Wildman–Crippen MR) is 147 cm³/mol. The summed E-state index contributed by atoms with van der Waals surface area (Å²) in [5.41, 5.74) is 3.03. The zero-order valence-electron chi connectivity index (χ0n) is 21.8. The van der Waals surface area contributed by atoms with E-state index in [1.54, 1.807) is 6.07 Å². The number of benzene rings is 2. The fourth-order valence-electron chi connectivity index (χ4n) is 6.63. The van der Waals surface area contributed by atoms with Crippen molar-refractivity contribution >= 4 is 11.6 Å². The highest BCUT2D eigenvalue weighted by Crippen LogP contribution is 2.43. The Morgan fingerprint density at radius 3 is 1.97 bits per heavy atom. The highest BCUT2D eigenvalue weighted by atomic mass is 35.5. The highest BCUT2D eigenvalue weighted by molar-refractivity contribution is 6.33. The first kappa shape index (κ1) is 26.5. The van der Waals surface area contributed by atoms with E-state index in [0.29, 0.717) is 6.61 Å². The van der Waals surface area contributed by atoms with Crippen LogP contribution in [0.5, 0.6) is 5.75 Å². The number of hydrogen-bond acceptors (Lipinski definition) is 1. The van der Waals surface area contributed by atoms with Crippen molar-refractivity contribution in [3.8, 4) is 16.9 Å². The molecule has 0 saturated heterocycles. The molecule has 0 N–H and O–H groups in total. The van der Waals surface area contributed by atoms with Gasteiger partial charge < -0.3 is 4.74 Å². The molecule has 4 rings (SSSR count). The summed E-state index contributed by atoms with van der Waals surface area (Å²) in [6.45, 7) is 4.58. The molecule has 0 aromatic heterocycles. The van der Waals surface area contributed by atoms with Crippen molar-refractivity contribution in [3.63, 3.8) is 0 Å². The molecule has 0 unspecified atom stereocenters. The molecule has 2 fully saturated rings. The van der Waals surface area contributed by atoms with E-state index in [2.05, 4.69) is 31.2 Å². The Bertz CT molecular complexity index is 908. The van der Waals surface area contributed by atoms with Gasteiger partial charge in [-0.25, -0.2) is 4.39 Å². The molecular formula is C32H44ClFO. The summed E-state index contributed by atoms with van der Waals surface area (Å²) in [7, 11) is 0. The standard InChI is InChI=1S/C32H44ClFO/c1-3-5-6-23-9-15-26(16-10-23)27-17-11-24(12-18-27)7-8-25-13-19-28(20-14-25)29-21-22-30(35-4-2)32(34)31(29)33/h13-14,19-24,26-27H,3-12,15-18H2,1-2H3. The molecule has 0 amide bonds. The van der Waals surface area contributed by atoms with E-state index >= 15 is 0 Å². The van der Waals surface area contributed by atoms with Gasteiger partial charge in [0.05, 0.1) is 11.6 Å². The summed E-state index contributed by atoms with van der Waals surface area (Å²) in [6.07, 6.45) is 18.4. The third-order valence-corrected chi connectivity index (χ3v) is 9.24. The molecule has 2 aromatic rings. The summed E-state index contributed by atoms with van der Waals surface area (Å²) >= 11 is 6.31. The van der Waals surface area contributed by atoms with Crippen LogP contribution in [0.3, 0.4) is 0 Å². The molecule has 0 atom stereocenters. The van der Waals surface area contributed by atoms with Gasteiger partial charge in [-0.15, -0.1) is 0 Å². The van der Waals surface area contributed by atoms with Gasteiger partial charge in [-0.1, -0.05) is 87.7 Å². The Kier molecular flexibility index (Phi) is 9.95. The van der Waals surface area contributed by atoms with Gasteiger partial charge in [-0.05, 0) is 92.4 Å². The second-order valence-electron chi connectivity index (χ2n) is 11.1. The number of ether oxygens (including phenoxy) is 1. The van der Waals surface area contributed by atoms with E-state index in [1.165, 1.54) is 82.6 Å². The highest BCUT2D eigenvalue weighted by Gasteiger charge is 2.30. The Morgan fingerprint density at radius 2 is 1.40 bits per heavy atom. The lowest BCUT2D eigenvalue weighted by Crippen LogP contribution is -2.26. The summed E-state index contributed by atoms with van der Waals surface area (Å²) < 4.78 is 19.8. The molecular weight excluding hydrogens is 455 g/mol. The third-order valence-electron chi connectivity index (χ3n) is 8.87. The molecule has 0 radical (unpaired) electrons. The Labute approximate surface area is 217 Å². The van der Waals surface area contributed by atoms with E-state index < -0.39 is 5.82 Å². The van der Waals surface area contributed by atoms with Crippen LogP contribution in [0.4, 0.5) is 4.39 Å². The molecule has 2 saturated carbocycles. The first-order valence-electron chi connectivity index (χ1n) is 14.3. The molecule has 2 aliphatic carbocycles. The van der Waals surface area contributed by atoms with Crippen molar-refractivity contribution in [2.24, 2.45) is 23.7 Å². The van der Waals surface area contributed by atoms with Crippen molar-refractivity contribution in [2.75, 3.05) is 6.61 Å². The predicted octanol–water partition coefficient (Wildman–Crippen LogP) is 10.3. The SMILES string of the molecule is CCCCC1CCC(C2CCC(CCc3ccc(-c4ccc(OCC)c(F)c4Cl)cc3)CC2)CC1. The van der Waals surface area contributed by atoms with Gasteiger partial charge in [0.1, 0.15) is 0 Å². The summed E-state index contributed by atoms with van der Waals surface area (Å²) in [4.78, 5) is 0. The largest absolute Gasteiger partial charge is 0.491 e. The van der Waals surface area contributed by atoms with E-state index in [9.17, 15) is 4.39 Å². The van der Waals surface area contributed by atoms with Crippen LogP contribution >= 0.6 is 11.6 Å². The zero-order chi connectivity index (χ0) is 24.6. The Hall–Kier alpha value is -1.54. The molecule has 2 aliphatic rings. The molecule has 2 aromatic carbocycles. The zero-order valence-corrected chi connectivity index (χ0v) is 22.6. The Balaban J connectivity index is 1.22. The van der Waals surface area contributed by atoms with Gasteiger partial charge in [-0.3, -0.25) is 0 Å². The molecule has 0 bridgehead atoms. The van der Waals surface area contributed by atoms with Crippen LogP contribution in [0.25, 0.3) is 11.1 Å². The number of rotatable bonds is 10. The molecule has 0 spiro atoms. The van der Waals surface area contributed by atoms with E-state index in [0.717, 1.165) is 41.2 Å². The maximum absolute atomic E-state index is 14.5. The first-order chi connectivity index (χ1) is 17.1.